The van der Waals surface area contributed by atoms with E-state index in [9.17, 15) is 9.59 Å². The molecule has 0 fully saturated rings. The standard InChI is InChI=1S/C12H17BrN2O2/c1-8(4-3-5-13)15-12(17)10-7-14-9(2)6-11(10)16/h6-8H,3-5H2,1-2H3,(H,14,16)(H,15,17). The van der Waals surface area contributed by atoms with E-state index in [-0.39, 0.29) is 22.9 Å². The zero-order valence-electron chi connectivity index (χ0n) is 10.0. The van der Waals surface area contributed by atoms with Gasteiger partial charge in [0, 0.05) is 29.3 Å². The second kappa shape index (κ2) is 6.59. The Morgan fingerprint density at radius 3 is 2.88 bits per heavy atom. The average molecular weight is 301 g/mol. The lowest BCUT2D eigenvalue weighted by atomic mass is 10.1. The number of hydrogen-bond donors (Lipinski definition) is 2. The maximum atomic E-state index is 11.8. The highest BCUT2D eigenvalue weighted by molar-refractivity contribution is 9.09. The molecule has 2 N–H and O–H groups in total. The van der Waals surface area contributed by atoms with Crippen LogP contribution in [0.1, 0.15) is 35.8 Å². The molecule has 0 bridgehead atoms. The van der Waals surface area contributed by atoms with Gasteiger partial charge in [-0.1, -0.05) is 15.9 Å². The fourth-order valence-corrected chi connectivity index (χ4v) is 1.83. The van der Waals surface area contributed by atoms with E-state index in [1.807, 2.05) is 6.92 Å². The van der Waals surface area contributed by atoms with Crippen molar-refractivity contribution in [2.45, 2.75) is 32.7 Å². The van der Waals surface area contributed by atoms with Crippen molar-refractivity contribution < 1.29 is 4.79 Å². The summed E-state index contributed by atoms with van der Waals surface area (Å²) in [5.41, 5.74) is 0.673. The third-order valence-corrected chi connectivity index (χ3v) is 3.01. The zero-order chi connectivity index (χ0) is 12.8. The Balaban J connectivity index is 2.67. The smallest absolute Gasteiger partial charge is 0.256 e. The van der Waals surface area contributed by atoms with E-state index < -0.39 is 0 Å². The molecular formula is C12H17BrN2O2. The summed E-state index contributed by atoms with van der Waals surface area (Å²) in [5, 5.41) is 3.73. The van der Waals surface area contributed by atoms with Crippen LogP contribution in [-0.2, 0) is 0 Å². The second-order valence-corrected chi connectivity index (χ2v) is 4.89. The van der Waals surface area contributed by atoms with Crippen LogP contribution in [0.5, 0.6) is 0 Å². The van der Waals surface area contributed by atoms with Gasteiger partial charge in [0.1, 0.15) is 5.56 Å². The van der Waals surface area contributed by atoms with Crippen molar-refractivity contribution in [3.05, 3.63) is 33.7 Å². The van der Waals surface area contributed by atoms with Gasteiger partial charge in [-0.25, -0.2) is 0 Å². The Bertz CT molecular complexity index is 442. The summed E-state index contributed by atoms with van der Waals surface area (Å²) in [4.78, 5) is 26.3. The number of aromatic nitrogens is 1. The highest BCUT2D eigenvalue weighted by Crippen LogP contribution is 2.00. The average Bonchev–Trinajstić information content (AvgIpc) is 2.26. The van der Waals surface area contributed by atoms with E-state index in [4.69, 9.17) is 0 Å². The first-order valence-electron chi connectivity index (χ1n) is 5.60. The summed E-state index contributed by atoms with van der Waals surface area (Å²) in [5.74, 6) is -0.312. The van der Waals surface area contributed by atoms with E-state index >= 15 is 0 Å². The van der Waals surface area contributed by atoms with Gasteiger partial charge in [0.2, 0.25) is 0 Å². The van der Waals surface area contributed by atoms with Gasteiger partial charge in [-0.05, 0) is 26.7 Å². The summed E-state index contributed by atoms with van der Waals surface area (Å²) in [6.07, 6.45) is 3.34. The lowest BCUT2D eigenvalue weighted by molar-refractivity contribution is 0.0937. The van der Waals surface area contributed by atoms with E-state index in [2.05, 4.69) is 26.2 Å². The Morgan fingerprint density at radius 1 is 1.59 bits per heavy atom. The number of rotatable bonds is 5. The molecule has 0 aromatic carbocycles. The number of carbonyl (C=O) groups excluding carboxylic acids is 1. The first-order valence-corrected chi connectivity index (χ1v) is 6.73. The molecule has 0 radical (unpaired) electrons. The lowest BCUT2D eigenvalue weighted by Gasteiger charge is -2.12. The fraction of sp³-hybridized carbons (Fsp3) is 0.500. The van der Waals surface area contributed by atoms with Gasteiger partial charge < -0.3 is 10.3 Å². The quantitative estimate of drug-likeness (QED) is 0.817. The number of alkyl halides is 1. The number of amides is 1. The van der Waals surface area contributed by atoms with Crippen molar-refractivity contribution in [3.63, 3.8) is 0 Å². The molecule has 0 aliphatic carbocycles. The normalized spacial score (nSPS) is 12.2. The number of pyridine rings is 1. The van der Waals surface area contributed by atoms with Gasteiger partial charge in [0.15, 0.2) is 5.43 Å². The van der Waals surface area contributed by atoms with Gasteiger partial charge in [0.25, 0.3) is 5.91 Å². The first-order chi connectivity index (χ1) is 8.04. The third-order valence-electron chi connectivity index (χ3n) is 2.45. The monoisotopic (exact) mass is 300 g/mol. The van der Waals surface area contributed by atoms with Gasteiger partial charge in [-0.2, -0.15) is 0 Å². The predicted molar refractivity (Wildman–Crippen MR) is 71.8 cm³/mol. The number of nitrogens with one attached hydrogen (secondary N) is 2. The minimum Gasteiger partial charge on any atom is -0.364 e. The van der Waals surface area contributed by atoms with Crippen LogP contribution in [0, 0.1) is 6.92 Å². The molecule has 4 nitrogen and oxygen atoms in total. The van der Waals surface area contributed by atoms with Crippen molar-refractivity contribution in [2.24, 2.45) is 0 Å². The van der Waals surface area contributed by atoms with Crippen LogP contribution in [0.4, 0.5) is 0 Å². The molecule has 0 saturated heterocycles. The summed E-state index contributed by atoms with van der Waals surface area (Å²) < 4.78 is 0. The van der Waals surface area contributed by atoms with Crippen molar-refractivity contribution >= 4 is 21.8 Å². The maximum Gasteiger partial charge on any atom is 0.256 e. The Hall–Kier alpha value is -1.10. The number of H-pyrrole nitrogens is 1. The van der Waals surface area contributed by atoms with Crippen LogP contribution < -0.4 is 10.7 Å². The summed E-state index contributed by atoms with van der Waals surface area (Å²) in [7, 11) is 0. The van der Waals surface area contributed by atoms with Gasteiger partial charge >= 0.3 is 0 Å². The molecule has 1 unspecified atom stereocenters. The molecule has 0 aliphatic rings. The molecule has 0 spiro atoms. The van der Waals surface area contributed by atoms with Crippen molar-refractivity contribution in [1.29, 1.82) is 0 Å². The molecule has 1 heterocycles. The van der Waals surface area contributed by atoms with E-state index in [0.717, 1.165) is 23.9 Å². The molecule has 94 valence electrons. The fourth-order valence-electron chi connectivity index (χ4n) is 1.51. The first kappa shape index (κ1) is 14.0. The van der Waals surface area contributed by atoms with Crippen LogP contribution in [0.3, 0.4) is 0 Å². The molecule has 1 rings (SSSR count). The Morgan fingerprint density at radius 2 is 2.29 bits per heavy atom. The predicted octanol–water partition coefficient (Wildman–Crippen LogP) is 1.98. The molecule has 0 saturated carbocycles. The molecule has 1 aromatic rings. The highest BCUT2D eigenvalue weighted by Gasteiger charge is 2.12. The lowest BCUT2D eigenvalue weighted by Crippen LogP contribution is -2.35. The molecular weight excluding hydrogens is 284 g/mol. The Labute approximate surface area is 109 Å². The zero-order valence-corrected chi connectivity index (χ0v) is 11.6. The molecule has 1 atom stereocenters. The summed E-state index contributed by atoms with van der Waals surface area (Å²) in [6, 6.07) is 1.50. The maximum absolute atomic E-state index is 11.8. The van der Waals surface area contributed by atoms with Crippen molar-refractivity contribution in [1.82, 2.24) is 10.3 Å². The van der Waals surface area contributed by atoms with Crippen LogP contribution >= 0.6 is 15.9 Å². The van der Waals surface area contributed by atoms with Crippen LogP contribution in [0.25, 0.3) is 0 Å². The molecule has 5 heteroatoms. The summed E-state index contributed by atoms with van der Waals surface area (Å²) >= 11 is 3.34. The van der Waals surface area contributed by atoms with E-state index in [1.54, 1.807) is 6.92 Å². The van der Waals surface area contributed by atoms with E-state index in [0.29, 0.717) is 0 Å². The number of carbonyl (C=O) groups is 1. The molecule has 0 aliphatic heterocycles. The van der Waals surface area contributed by atoms with Crippen LogP contribution in [0.2, 0.25) is 0 Å². The number of aryl methyl sites for hydroxylation is 1. The molecule has 17 heavy (non-hydrogen) atoms. The van der Waals surface area contributed by atoms with Crippen molar-refractivity contribution in [3.8, 4) is 0 Å². The highest BCUT2D eigenvalue weighted by atomic mass is 79.9. The minimum absolute atomic E-state index is 0.0701. The third kappa shape index (κ3) is 4.34. The molecule has 1 amide bonds. The van der Waals surface area contributed by atoms with Gasteiger partial charge in [0.05, 0.1) is 0 Å². The topological polar surface area (TPSA) is 62.0 Å². The van der Waals surface area contributed by atoms with Crippen LogP contribution in [0.15, 0.2) is 17.1 Å². The Kier molecular flexibility index (Phi) is 5.41. The summed E-state index contributed by atoms with van der Waals surface area (Å²) in [6.45, 7) is 3.71. The van der Waals surface area contributed by atoms with Crippen molar-refractivity contribution in [2.75, 3.05) is 5.33 Å². The molecule has 1 aromatic heterocycles. The number of halogens is 1. The van der Waals surface area contributed by atoms with Gasteiger partial charge in [-0.15, -0.1) is 0 Å². The van der Waals surface area contributed by atoms with E-state index in [1.165, 1.54) is 12.3 Å². The SMILES string of the molecule is Cc1cc(=O)c(C(=O)NC(C)CCCBr)c[nH]1. The number of hydrogen-bond acceptors (Lipinski definition) is 2. The van der Waals surface area contributed by atoms with Gasteiger partial charge in [-0.3, -0.25) is 9.59 Å². The second-order valence-electron chi connectivity index (χ2n) is 4.10. The van der Waals surface area contributed by atoms with Crippen LogP contribution in [-0.4, -0.2) is 22.3 Å². The largest absolute Gasteiger partial charge is 0.364 e. The number of aromatic amines is 1. The minimum atomic E-state index is -0.312.